The Morgan fingerprint density at radius 3 is 1.06 bits per heavy atom. The molecule has 3 aliphatic heterocycles. The third kappa shape index (κ3) is 42.5. The minimum Gasteiger partial charge on any atom is -0.394 e. The van der Waals surface area contributed by atoms with Crippen LogP contribution in [0.5, 0.6) is 0 Å². The summed E-state index contributed by atoms with van der Waals surface area (Å²) in [4.78, 5) is 13.5. The average Bonchev–Trinajstić information content (AvgIpc) is 0.778. The molecule has 102 heavy (non-hydrogen) atoms. The molecule has 0 spiro atoms. The van der Waals surface area contributed by atoms with Gasteiger partial charge in [-0.3, -0.25) is 4.79 Å². The first-order valence-electron chi connectivity index (χ1n) is 40.8. The summed E-state index contributed by atoms with van der Waals surface area (Å²) in [6.45, 7) is 1.72. The van der Waals surface area contributed by atoms with E-state index in [0.29, 0.717) is 12.8 Å². The van der Waals surface area contributed by atoms with E-state index in [2.05, 4.69) is 104 Å². The Hall–Kier alpha value is -3.03. The van der Waals surface area contributed by atoms with Crippen LogP contribution in [0.4, 0.5) is 0 Å². The van der Waals surface area contributed by atoms with Gasteiger partial charge in [-0.05, 0) is 70.6 Å². The molecule has 3 aliphatic rings. The van der Waals surface area contributed by atoms with Crippen molar-refractivity contribution in [2.75, 3.05) is 26.4 Å². The van der Waals surface area contributed by atoms with Crippen molar-refractivity contribution < 1.29 is 89.4 Å². The second-order valence-corrected chi connectivity index (χ2v) is 28.9. The lowest BCUT2D eigenvalue weighted by atomic mass is 9.96. The molecule has 0 aliphatic carbocycles. The third-order valence-corrected chi connectivity index (χ3v) is 20.0. The largest absolute Gasteiger partial charge is 0.394 e. The molecular formula is C83H147NO18. The van der Waals surface area contributed by atoms with Crippen molar-refractivity contribution in [1.29, 1.82) is 0 Å². The van der Waals surface area contributed by atoms with Gasteiger partial charge in [0.25, 0.3) is 0 Å². The monoisotopic (exact) mass is 1450 g/mol. The maximum Gasteiger partial charge on any atom is 0.220 e. The van der Waals surface area contributed by atoms with Gasteiger partial charge in [0, 0.05) is 6.42 Å². The minimum absolute atomic E-state index is 0.242. The fraction of sp³-hybridized carbons (Fsp3) is 0.819. The van der Waals surface area contributed by atoms with Gasteiger partial charge in [-0.2, -0.15) is 0 Å². The number of carbonyl (C=O) groups is 1. The van der Waals surface area contributed by atoms with Crippen LogP contribution in [-0.2, 0) is 33.2 Å². The highest BCUT2D eigenvalue weighted by Crippen LogP contribution is 2.33. The lowest BCUT2D eigenvalue weighted by molar-refractivity contribution is -0.379. The number of aliphatic hydroxyl groups is 11. The molecule has 0 radical (unpaired) electrons. The van der Waals surface area contributed by atoms with Gasteiger partial charge in [0.1, 0.15) is 73.2 Å². The molecule has 0 bridgehead atoms. The fourth-order valence-corrected chi connectivity index (χ4v) is 13.5. The van der Waals surface area contributed by atoms with Crippen molar-refractivity contribution in [2.45, 2.75) is 407 Å². The number of ether oxygens (including phenoxy) is 6. The number of nitrogens with one attached hydrogen (secondary N) is 1. The molecule has 19 heteroatoms. The number of amides is 1. The van der Waals surface area contributed by atoms with Gasteiger partial charge in [0.05, 0.1) is 38.6 Å². The summed E-state index contributed by atoms with van der Waals surface area (Å²) in [5.74, 6) is -0.242. The number of unbranched alkanes of at least 4 members (excludes halogenated alkanes) is 34. The van der Waals surface area contributed by atoms with Crippen LogP contribution >= 0.6 is 0 Å². The van der Waals surface area contributed by atoms with Crippen LogP contribution in [0.15, 0.2) is 85.1 Å². The lowest BCUT2D eigenvalue weighted by Gasteiger charge is -2.48. The highest BCUT2D eigenvalue weighted by molar-refractivity contribution is 5.76. The predicted molar refractivity (Wildman–Crippen MR) is 406 cm³/mol. The second-order valence-electron chi connectivity index (χ2n) is 28.9. The van der Waals surface area contributed by atoms with Crippen LogP contribution in [0.2, 0.25) is 0 Å². The Morgan fingerprint density at radius 2 is 0.676 bits per heavy atom. The number of hydrogen-bond donors (Lipinski definition) is 12. The van der Waals surface area contributed by atoms with Crippen molar-refractivity contribution in [3.63, 3.8) is 0 Å². The van der Waals surface area contributed by atoms with Crippen LogP contribution in [0.25, 0.3) is 0 Å². The Bertz CT molecular complexity index is 2170. The zero-order chi connectivity index (χ0) is 73.9. The molecular weight excluding hydrogens is 1300 g/mol. The first kappa shape index (κ1) is 93.2. The summed E-state index contributed by atoms with van der Waals surface area (Å²) in [6, 6.07) is -0.892. The standard InChI is InChI=1S/C83H147NO18/c1-3-5-7-9-11-13-15-17-19-21-23-25-26-27-28-29-30-31-32-33-34-35-36-37-38-39-40-41-43-45-47-49-51-53-55-57-59-61-71(89)84-66(67(88)60-58-56-54-52-50-48-46-44-42-24-22-20-18-16-14-12-10-8-6-4-2)65-97-81-77(95)74(92)79(69(63-86)99-81)102-83-78(96)75(93)80(70(64-87)100-83)101-82-76(94)73(91)72(90)68(62-85)98-82/h5,7,11,13,17,19,23,25,27-28,30-31,33-34,66-70,72-83,85-88,90-96H,3-4,6,8-10,12,14-16,18,20-22,24,26,29,32,35-65H2,1-2H3,(H,84,89)/b7-5-,13-11-,19-17-,25-23-,28-27-,31-30-,34-33-. The molecule has 3 heterocycles. The van der Waals surface area contributed by atoms with Gasteiger partial charge < -0.3 is 89.9 Å². The van der Waals surface area contributed by atoms with Crippen LogP contribution in [0.1, 0.15) is 303 Å². The molecule has 19 nitrogen and oxygen atoms in total. The fourth-order valence-electron chi connectivity index (χ4n) is 13.5. The molecule has 592 valence electrons. The van der Waals surface area contributed by atoms with Crippen LogP contribution in [0.3, 0.4) is 0 Å². The van der Waals surface area contributed by atoms with E-state index in [1.54, 1.807) is 0 Å². The van der Waals surface area contributed by atoms with E-state index in [-0.39, 0.29) is 18.9 Å². The summed E-state index contributed by atoms with van der Waals surface area (Å²) in [7, 11) is 0. The molecule has 12 N–H and O–H groups in total. The van der Waals surface area contributed by atoms with E-state index in [0.717, 1.165) is 96.3 Å². The quantitative estimate of drug-likeness (QED) is 0.0199. The molecule has 0 saturated carbocycles. The zero-order valence-electron chi connectivity index (χ0n) is 63.3. The van der Waals surface area contributed by atoms with E-state index in [9.17, 15) is 61.0 Å². The predicted octanol–water partition coefficient (Wildman–Crippen LogP) is 13.8. The van der Waals surface area contributed by atoms with Crippen molar-refractivity contribution in [3.05, 3.63) is 85.1 Å². The first-order valence-corrected chi connectivity index (χ1v) is 40.8. The van der Waals surface area contributed by atoms with Crippen LogP contribution in [-0.4, -0.2) is 193 Å². The Labute approximate surface area is 616 Å². The highest BCUT2D eigenvalue weighted by atomic mass is 16.8. The van der Waals surface area contributed by atoms with E-state index < -0.39 is 124 Å². The second kappa shape index (κ2) is 63.0. The normalized spacial score (nSPS) is 26.6. The summed E-state index contributed by atoms with van der Waals surface area (Å²) < 4.78 is 34.5. The summed E-state index contributed by atoms with van der Waals surface area (Å²) in [6.07, 6.45) is 56.6. The van der Waals surface area contributed by atoms with Gasteiger partial charge >= 0.3 is 0 Å². The minimum atomic E-state index is -1.98. The average molecular weight is 1450 g/mol. The zero-order valence-corrected chi connectivity index (χ0v) is 63.3. The van der Waals surface area contributed by atoms with Gasteiger partial charge in [-0.25, -0.2) is 0 Å². The Balaban J connectivity index is 1.33. The lowest BCUT2D eigenvalue weighted by Crippen LogP contribution is -2.66. The van der Waals surface area contributed by atoms with E-state index in [1.807, 2.05) is 0 Å². The molecule has 1 amide bonds. The number of hydrogen-bond acceptors (Lipinski definition) is 18. The Morgan fingerprint density at radius 1 is 0.363 bits per heavy atom. The highest BCUT2D eigenvalue weighted by Gasteiger charge is 2.54. The van der Waals surface area contributed by atoms with Crippen LogP contribution in [0, 0.1) is 0 Å². The van der Waals surface area contributed by atoms with E-state index in [4.69, 9.17) is 28.4 Å². The maximum atomic E-state index is 13.5. The number of allylic oxidation sites excluding steroid dienone is 14. The smallest absolute Gasteiger partial charge is 0.220 e. The third-order valence-electron chi connectivity index (χ3n) is 20.0. The van der Waals surface area contributed by atoms with Gasteiger partial charge in [-0.15, -0.1) is 0 Å². The summed E-state index contributed by atoms with van der Waals surface area (Å²) in [5, 5.41) is 121. The van der Waals surface area contributed by atoms with Crippen molar-refractivity contribution in [2.24, 2.45) is 0 Å². The molecule has 3 saturated heterocycles. The van der Waals surface area contributed by atoms with Crippen molar-refractivity contribution in [3.8, 4) is 0 Å². The number of carbonyl (C=O) groups excluding carboxylic acids is 1. The summed E-state index contributed by atoms with van der Waals surface area (Å²) in [5.41, 5.74) is 0. The Kier molecular flexibility index (Phi) is 57.5. The summed E-state index contributed by atoms with van der Waals surface area (Å²) >= 11 is 0. The van der Waals surface area contributed by atoms with Crippen molar-refractivity contribution in [1.82, 2.24) is 5.32 Å². The number of aliphatic hydroxyl groups excluding tert-OH is 11. The topological polar surface area (TPSA) is 307 Å². The molecule has 3 rings (SSSR count). The molecule has 0 aromatic rings. The molecule has 0 aromatic carbocycles. The van der Waals surface area contributed by atoms with E-state index >= 15 is 0 Å². The maximum absolute atomic E-state index is 13.5. The SMILES string of the molecule is CC/C=C\C/C=C\C/C=C\C/C=C\C/C=C\C/C=C\C/C=C\CCCCCCCCCCCCCCCCCC(=O)NC(COC1OC(CO)C(OC2OC(CO)C(OC3OC(CO)C(O)C(O)C3O)C(O)C2O)C(O)C1O)C(O)CCCCCCCCCCCCCCCCCCCCCC. The molecule has 3 fully saturated rings. The van der Waals surface area contributed by atoms with Crippen molar-refractivity contribution >= 4 is 5.91 Å². The van der Waals surface area contributed by atoms with E-state index in [1.165, 1.54) is 173 Å². The first-order chi connectivity index (χ1) is 49.8. The van der Waals surface area contributed by atoms with Gasteiger partial charge in [0.2, 0.25) is 5.91 Å². The van der Waals surface area contributed by atoms with Gasteiger partial charge in [0.15, 0.2) is 18.9 Å². The van der Waals surface area contributed by atoms with Gasteiger partial charge in [-0.1, -0.05) is 311 Å². The van der Waals surface area contributed by atoms with Crippen LogP contribution < -0.4 is 5.32 Å². The molecule has 17 atom stereocenters. The number of rotatable bonds is 64. The molecule has 0 aromatic heterocycles. The molecule has 17 unspecified atom stereocenters.